The zero-order chi connectivity index (χ0) is 14.2. The highest BCUT2D eigenvalue weighted by molar-refractivity contribution is 5.32. The Labute approximate surface area is 122 Å². The molecule has 2 N–H and O–H groups in total. The van der Waals surface area contributed by atoms with Gasteiger partial charge in [-0.05, 0) is 28.9 Å². The molecule has 1 heterocycles. The minimum atomic E-state index is 0.151. The van der Waals surface area contributed by atoms with Crippen molar-refractivity contribution in [1.29, 1.82) is 0 Å². The van der Waals surface area contributed by atoms with Crippen molar-refractivity contribution in [2.75, 3.05) is 32.8 Å². The number of piperazine rings is 1. The molecule has 1 saturated carbocycles. The largest absolute Gasteiger partial charge is 0.394 e. The Bertz CT molecular complexity index is 449. The second-order valence-electron chi connectivity index (χ2n) is 6.90. The van der Waals surface area contributed by atoms with E-state index < -0.39 is 0 Å². The Morgan fingerprint density at radius 2 is 1.85 bits per heavy atom. The van der Waals surface area contributed by atoms with Gasteiger partial charge < -0.3 is 10.4 Å². The van der Waals surface area contributed by atoms with Crippen LogP contribution in [-0.4, -0.2) is 42.8 Å². The molecule has 0 bridgehead atoms. The second-order valence-corrected chi connectivity index (χ2v) is 6.90. The maximum absolute atomic E-state index is 9.74. The molecule has 1 saturated heterocycles. The first-order chi connectivity index (χ1) is 9.62. The second kappa shape index (κ2) is 5.47. The number of nitrogens with one attached hydrogen (secondary N) is 1. The minimum Gasteiger partial charge on any atom is -0.394 e. The molecule has 1 aromatic carbocycles. The van der Waals surface area contributed by atoms with Crippen molar-refractivity contribution in [2.24, 2.45) is 5.41 Å². The molecule has 110 valence electrons. The molecule has 3 rings (SSSR count). The summed E-state index contributed by atoms with van der Waals surface area (Å²) in [6, 6.07) is 9.11. The summed E-state index contributed by atoms with van der Waals surface area (Å²) in [5, 5.41) is 13.1. The fourth-order valence-electron chi connectivity index (χ4n) is 3.41. The van der Waals surface area contributed by atoms with Crippen molar-refractivity contribution in [3.63, 3.8) is 0 Å². The summed E-state index contributed by atoms with van der Waals surface area (Å²) in [4.78, 5) is 2.38. The van der Waals surface area contributed by atoms with Crippen LogP contribution in [0.25, 0.3) is 0 Å². The number of aliphatic hydroxyl groups excluding tert-OH is 1. The highest BCUT2D eigenvalue weighted by Gasteiger charge is 2.46. The van der Waals surface area contributed by atoms with Gasteiger partial charge in [0.25, 0.3) is 0 Å². The van der Waals surface area contributed by atoms with E-state index in [2.05, 4.69) is 48.3 Å². The van der Waals surface area contributed by atoms with E-state index in [1.54, 1.807) is 0 Å². The molecule has 1 aromatic rings. The molecule has 20 heavy (non-hydrogen) atoms. The summed E-state index contributed by atoms with van der Waals surface area (Å²) in [5.41, 5.74) is 3.18. The van der Waals surface area contributed by atoms with Gasteiger partial charge in [0, 0.05) is 26.2 Å². The number of hydrogen-bond donors (Lipinski definition) is 2. The highest BCUT2D eigenvalue weighted by atomic mass is 16.3. The molecule has 1 aliphatic carbocycles. The van der Waals surface area contributed by atoms with Gasteiger partial charge in [0.1, 0.15) is 0 Å². The van der Waals surface area contributed by atoms with E-state index in [-0.39, 0.29) is 12.6 Å². The summed E-state index contributed by atoms with van der Waals surface area (Å²) < 4.78 is 0. The van der Waals surface area contributed by atoms with Crippen molar-refractivity contribution < 1.29 is 5.11 Å². The van der Waals surface area contributed by atoms with Gasteiger partial charge in [-0.25, -0.2) is 0 Å². The van der Waals surface area contributed by atoms with Crippen LogP contribution in [0.1, 0.15) is 43.4 Å². The molecule has 2 unspecified atom stereocenters. The van der Waals surface area contributed by atoms with E-state index in [9.17, 15) is 5.11 Å². The average molecular weight is 274 g/mol. The van der Waals surface area contributed by atoms with Crippen molar-refractivity contribution in [1.82, 2.24) is 10.2 Å². The van der Waals surface area contributed by atoms with Crippen LogP contribution in [-0.2, 0) is 0 Å². The van der Waals surface area contributed by atoms with Gasteiger partial charge in [-0.2, -0.15) is 0 Å². The first-order valence-electron chi connectivity index (χ1n) is 7.77. The molecule has 0 aromatic heterocycles. The van der Waals surface area contributed by atoms with Crippen LogP contribution in [0.15, 0.2) is 24.3 Å². The van der Waals surface area contributed by atoms with E-state index in [1.807, 2.05) is 0 Å². The Kier molecular flexibility index (Phi) is 3.85. The predicted octanol–water partition coefficient (Wildman–Crippen LogP) is 2.14. The van der Waals surface area contributed by atoms with Gasteiger partial charge in [0.05, 0.1) is 12.6 Å². The van der Waals surface area contributed by atoms with Crippen LogP contribution in [0.5, 0.6) is 0 Å². The molecule has 0 spiro atoms. The van der Waals surface area contributed by atoms with Crippen molar-refractivity contribution in [2.45, 2.75) is 32.2 Å². The van der Waals surface area contributed by atoms with E-state index in [1.165, 1.54) is 17.5 Å². The first kappa shape index (κ1) is 14.1. The van der Waals surface area contributed by atoms with Gasteiger partial charge in [0.15, 0.2) is 0 Å². The summed E-state index contributed by atoms with van der Waals surface area (Å²) in [6.07, 6.45) is 1.30. The molecule has 0 radical (unpaired) electrons. The number of hydrogen-bond acceptors (Lipinski definition) is 3. The molecule has 0 amide bonds. The van der Waals surface area contributed by atoms with E-state index in [4.69, 9.17) is 0 Å². The fraction of sp³-hybridized carbons (Fsp3) is 0.647. The lowest BCUT2D eigenvalue weighted by Crippen LogP contribution is -2.46. The van der Waals surface area contributed by atoms with Gasteiger partial charge in [-0.1, -0.05) is 38.1 Å². The standard InChI is InChI=1S/C17H26N2O/c1-17(2)11-15(17)13-3-5-14(6-4-13)16(12-20)19-9-7-18-8-10-19/h3-6,15-16,18,20H,7-12H2,1-2H3. The third-order valence-corrected chi connectivity index (χ3v) is 5.00. The number of nitrogens with zero attached hydrogens (tertiary/aromatic N) is 1. The predicted molar refractivity (Wildman–Crippen MR) is 81.9 cm³/mol. The third kappa shape index (κ3) is 2.76. The number of aliphatic hydroxyl groups is 1. The zero-order valence-corrected chi connectivity index (χ0v) is 12.6. The van der Waals surface area contributed by atoms with Crippen molar-refractivity contribution >= 4 is 0 Å². The van der Waals surface area contributed by atoms with Gasteiger partial charge in [-0.3, -0.25) is 4.90 Å². The highest BCUT2D eigenvalue weighted by Crippen LogP contribution is 2.58. The summed E-state index contributed by atoms with van der Waals surface area (Å²) in [7, 11) is 0. The maximum Gasteiger partial charge on any atom is 0.0628 e. The molecule has 1 aliphatic heterocycles. The van der Waals surface area contributed by atoms with Crippen molar-refractivity contribution in [3.05, 3.63) is 35.4 Å². The molecule has 3 nitrogen and oxygen atoms in total. The van der Waals surface area contributed by atoms with E-state index in [0.717, 1.165) is 32.1 Å². The smallest absolute Gasteiger partial charge is 0.0628 e. The Balaban J connectivity index is 1.72. The molecular formula is C17H26N2O. The Morgan fingerprint density at radius 1 is 1.25 bits per heavy atom. The Morgan fingerprint density at radius 3 is 2.35 bits per heavy atom. The zero-order valence-electron chi connectivity index (χ0n) is 12.6. The molecule has 3 heteroatoms. The van der Waals surface area contributed by atoms with Crippen LogP contribution in [0.4, 0.5) is 0 Å². The van der Waals surface area contributed by atoms with Gasteiger partial charge in [-0.15, -0.1) is 0 Å². The van der Waals surface area contributed by atoms with E-state index >= 15 is 0 Å². The number of benzene rings is 1. The molecule has 2 aliphatic rings. The average Bonchev–Trinajstić information content (AvgIpc) is 3.11. The topological polar surface area (TPSA) is 35.5 Å². The van der Waals surface area contributed by atoms with Crippen molar-refractivity contribution in [3.8, 4) is 0 Å². The lowest BCUT2D eigenvalue weighted by atomic mass is 9.99. The van der Waals surface area contributed by atoms with Crippen LogP contribution in [0, 0.1) is 5.41 Å². The molecular weight excluding hydrogens is 248 g/mol. The van der Waals surface area contributed by atoms with E-state index in [0.29, 0.717) is 5.41 Å². The van der Waals surface area contributed by atoms with Gasteiger partial charge in [0.2, 0.25) is 0 Å². The lowest BCUT2D eigenvalue weighted by Gasteiger charge is -2.34. The third-order valence-electron chi connectivity index (χ3n) is 5.00. The summed E-state index contributed by atoms with van der Waals surface area (Å²) in [5.74, 6) is 0.725. The van der Waals surface area contributed by atoms with Crippen LogP contribution < -0.4 is 5.32 Å². The normalized spacial score (nSPS) is 27.2. The first-order valence-corrected chi connectivity index (χ1v) is 7.77. The molecule has 2 fully saturated rings. The Hall–Kier alpha value is -0.900. The van der Waals surface area contributed by atoms with Crippen LogP contribution in [0.2, 0.25) is 0 Å². The monoisotopic (exact) mass is 274 g/mol. The number of rotatable bonds is 4. The maximum atomic E-state index is 9.74. The quantitative estimate of drug-likeness (QED) is 0.883. The summed E-state index contributed by atoms with van der Waals surface area (Å²) in [6.45, 7) is 8.95. The van der Waals surface area contributed by atoms with Gasteiger partial charge >= 0.3 is 0 Å². The minimum absolute atomic E-state index is 0.151. The lowest BCUT2D eigenvalue weighted by molar-refractivity contribution is 0.111. The summed E-state index contributed by atoms with van der Waals surface area (Å²) >= 11 is 0. The van der Waals surface area contributed by atoms with Crippen LogP contribution in [0.3, 0.4) is 0 Å². The molecule has 2 atom stereocenters. The fourth-order valence-corrected chi connectivity index (χ4v) is 3.41. The van der Waals surface area contributed by atoms with Crippen LogP contribution >= 0.6 is 0 Å². The SMILES string of the molecule is CC1(C)CC1c1ccc(C(CO)N2CCNCC2)cc1.